The van der Waals surface area contributed by atoms with E-state index < -0.39 is 0 Å². The van der Waals surface area contributed by atoms with Crippen molar-refractivity contribution in [3.05, 3.63) is 69.8 Å². The first kappa shape index (κ1) is 19.4. The van der Waals surface area contributed by atoms with E-state index in [-0.39, 0.29) is 17.2 Å². The number of thiophene rings is 1. The van der Waals surface area contributed by atoms with E-state index in [0.29, 0.717) is 22.9 Å². The van der Waals surface area contributed by atoms with Crippen LogP contribution in [0.1, 0.15) is 12.0 Å². The normalized spacial score (nSPS) is 11.0. The van der Waals surface area contributed by atoms with Crippen LogP contribution in [0.2, 0.25) is 0 Å². The molecule has 0 radical (unpaired) electrons. The molecule has 0 aliphatic carbocycles. The summed E-state index contributed by atoms with van der Waals surface area (Å²) >= 11 is 2.79. The molecule has 7 nitrogen and oxygen atoms in total. The maximum absolute atomic E-state index is 12.2. The Balaban J connectivity index is 1.35. The predicted molar refractivity (Wildman–Crippen MR) is 115 cm³/mol. The Labute approximate surface area is 175 Å². The summed E-state index contributed by atoms with van der Waals surface area (Å²) in [6.45, 7) is 0.618. The lowest BCUT2D eigenvalue weighted by molar-refractivity contribution is -0.118. The summed E-state index contributed by atoms with van der Waals surface area (Å²) in [5.74, 6) is 0.128. The van der Waals surface area contributed by atoms with Crippen LogP contribution in [0.15, 0.2) is 63.9 Å². The van der Waals surface area contributed by atoms with E-state index in [1.54, 1.807) is 17.4 Å². The van der Waals surface area contributed by atoms with Gasteiger partial charge in [0.25, 0.3) is 5.56 Å². The summed E-state index contributed by atoms with van der Waals surface area (Å²) in [7, 11) is 0. The molecule has 0 unspecified atom stereocenters. The smallest absolute Gasteiger partial charge is 0.290 e. The Hall–Kier alpha value is -2.91. The van der Waals surface area contributed by atoms with E-state index >= 15 is 0 Å². The molecule has 4 rings (SSSR count). The molecule has 29 heavy (non-hydrogen) atoms. The van der Waals surface area contributed by atoms with E-state index in [9.17, 15) is 9.59 Å². The van der Waals surface area contributed by atoms with Crippen molar-refractivity contribution in [3.63, 3.8) is 0 Å². The molecule has 9 heteroatoms. The van der Waals surface area contributed by atoms with E-state index in [2.05, 4.69) is 32.7 Å². The van der Waals surface area contributed by atoms with E-state index in [4.69, 9.17) is 0 Å². The highest BCUT2D eigenvalue weighted by molar-refractivity contribution is 7.99. The third-order valence-electron chi connectivity index (χ3n) is 4.29. The molecule has 0 spiro atoms. The largest absolute Gasteiger partial charge is 0.355 e. The van der Waals surface area contributed by atoms with Gasteiger partial charge < -0.3 is 5.32 Å². The number of rotatable bonds is 8. The molecule has 0 fully saturated rings. The Bertz CT molecular complexity index is 1150. The Morgan fingerprint density at radius 3 is 2.86 bits per heavy atom. The molecule has 0 saturated carbocycles. The van der Waals surface area contributed by atoms with Gasteiger partial charge in [-0.1, -0.05) is 48.2 Å². The third kappa shape index (κ3) is 4.75. The van der Waals surface area contributed by atoms with Crippen LogP contribution >= 0.6 is 23.1 Å². The number of aryl methyl sites for hydroxylation is 1. The number of thioether (sulfide) groups is 1. The minimum Gasteiger partial charge on any atom is -0.355 e. The van der Waals surface area contributed by atoms with Gasteiger partial charge in [0.1, 0.15) is 11.2 Å². The van der Waals surface area contributed by atoms with Crippen molar-refractivity contribution in [1.82, 2.24) is 25.1 Å². The van der Waals surface area contributed by atoms with Crippen LogP contribution in [0.3, 0.4) is 0 Å². The van der Waals surface area contributed by atoms with Gasteiger partial charge in [-0.15, -0.1) is 16.4 Å². The number of fused-ring (bicyclic) bond motifs is 1. The molecular weight excluding hydrogens is 406 g/mol. The van der Waals surface area contributed by atoms with Gasteiger partial charge >= 0.3 is 0 Å². The zero-order chi connectivity index (χ0) is 20.1. The maximum atomic E-state index is 12.2. The quantitative estimate of drug-likeness (QED) is 0.334. The number of aromatic amines is 1. The number of carbonyl (C=O) groups excluding carboxylic acids is 1. The molecular formula is C20H19N5O2S2. The minimum atomic E-state index is -0.310. The lowest BCUT2D eigenvalue weighted by Crippen LogP contribution is -2.26. The monoisotopic (exact) mass is 425 g/mol. The summed E-state index contributed by atoms with van der Waals surface area (Å²) in [4.78, 5) is 25.2. The number of benzene rings is 1. The fourth-order valence-electron chi connectivity index (χ4n) is 2.88. The van der Waals surface area contributed by atoms with Gasteiger partial charge in [0.05, 0.1) is 10.6 Å². The highest BCUT2D eigenvalue weighted by Crippen LogP contribution is 2.25. The molecule has 148 valence electrons. The van der Waals surface area contributed by atoms with Gasteiger partial charge in [0, 0.05) is 6.54 Å². The average Bonchev–Trinajstić information content (AvgIpc) is 3.42. The zero-order valence-corrected chi connectivity index (χ0v) is 17.1. The van der Waals surface area contributed by atoms with Crippen LogP contribution in [0, 0.1) is 0 Å². The van der Waals surface area contributed by atoms with Crippen LogP contribution < -0.4 is 10.9 Å². The Morgan fingerprint density at radius 1 is 1.21 bits per heavy atom. The van der Waals surface area contributed by atoms with Gasteiger partial charge in [-0.2, -0.15) is 5.10 Å². The van der Waals surface area contributed by atoms with Crippen molar-refractivity contribution in [2.24, 2.45) is 0 Å². The molecule has 0 aliphatic rings. The van der Waals surface area contributed by atoms with Crippen molar-refractivity contribution in [3.8, 4) is 10.6 Å². The number of nitrogens with zero attached hydrogens (tertiary/aromatic N) is 3. The van der Waals surface area contributed by atoms with Crippen LogP contribution in [0.4, 0.5) is 0 Å². The second-order valence-corrected chi connectivity index (χ2v) is 8.26. The van der Waals surface area contributed by atoms with Crippen molar-refractivity contribution in [2.45, 2.75) is 18.0 Å². The highest BCUT2D eigenvalue weighted by Gasteiger charge is 2.14. The molecule has 1 aromatic carbocycles. The summed E-state index contributed by atoms with van der Waals surface area (Å²) in [6, 6.07) is 15.8. The molecule has 3 heterocycles. The molecule has 1 amide bonds. The first-order chi connectivity index (χ1) is 14.2. The van der Waals surface area contributed by atoms with Crippen molar-refractivity contribution in [2.75, 3.05) is 12.3 Å². The number of aromatic nitrogens is 4. The second kappa shape index (κ2) is 9.06. The van der Waals surface area contributed by atoms with E-state index in [0.717, 1.165) is 17.7 Å². The average molecular weight is 426 g/mol. The maximum Gasteiger partial charge on any atom is 0.290 e. The molecule has 4 aromatic rings. The fourth-order valence-corrected chi connectivity index (χ4v) is 4.29. The second-order valence-electron chi connectivity index (χ2n) is 6.37. The highest BCUT2D eigenvalue weighted by atomic mass is 32.2. The van der Waals surface area contributed by atoms with Gasteiger partial charge in [-0.25, -0.2) is 9.61 Å². The number of amides is 1. The summed E-state index contributed by atoms with van der Waals surface area (Å²) < 4.78 is 1.50. The fraction of sp³-hybridized carbons (Fsp3) is 0.200. The predicted octanol–water partition coefficient (Wildman–Crippen LogP) is 2.99. The van der Waals surface area contributed by atoms with Gasteiger partial charge in [0.15, 0.2) is 0 Å². The molecule has 3 aromatic heterocycles. The van der Waals surface area contributed by atoms with E-state index in [1.807, 2.05) is 35.7 Å². The SMILES string of the molecule is O=C(CSc1n[nH]c(=O)c2cc(-c3cccs3)nn12)NCCCc1ccccc1. The summed E-state index contributed by atoms with van der Waals surface area (Å²) in [5.41, 5.74) is 2.08. The van der Waals surface area contributed by atoms with Gasteiger partial charge in [-0.3, -0.25) is 9.59 Å². The van der Waals surface area contributed by atoms with E-state index in [1.165, 1.54) is 21.8 Å². The molecule has 0 atom stereocenters. The summed E-state index contributed by atoms with van der Waals surface area (Å²) in [5, 5.41) is 16.4. The van der Waals surface area contributed by atoms with Crippen LogP contribution in [0.25, 0.3) is 16.1 Å². The first-order valence-electron chi connectivity index (χ1n) is 9.16. The molecule has 0 saturated heterocycles. The molecule has 0 bridgehead atoms. The lowest BCUT2D eigenvalue weighted by Gasteiger charge is -2.06. The number of nitrogens with one attached hydrogen (secondary N) is 2. The number of hydrogen-bond acceptors (Lipinski definition) is 6. The topological polar surface area (TPSA) is 92.2 Å². The lowest BCUT2D eigenvalue weighted by atomic mass is 10.1. The van der Waals surface area contributed by atoms with Crippen LogP contribution in [0.5, 0.6) is 0 Å². The van der Waals surface area contributed by atoms with Crippen LogP contribution in [-0.2, 0) is 11.2 Å². The standard InChI is InChI=1S/C20H19N5O2S2/c26-18(21-10-4-8-14-6-2-1-3-7-14)13-29-20-23-22-19(27)16-12-15(24-25(16)20)17-9-5-11-28-17/h1-3,5-7,9,11-12H,4,8,10,13H2,(H,21,26)(H,22,27). The third-order valence-corrected chi connectivity index (χ3v) is 6.11. The van der Waals surface area contributed by atoms with Gasteiger partial charge in [0.2, 0.25) is 11.1 Å². The number of H-pyrrole nitrogens is 1. The minimum absolute atomic E-state index is 0.0742. The van der Waals surface area contributed by atoms with Gasteiger partial charge in [-0.05, 0) is 35.9 Å². The Kier molecular flexibility index (Phi) is 6.06. The van der Waals surface area contributed by atoms with Crippen molar-refractivity contribution < 1.29 is 4.79 Å². The molecule has 0 aliphatic heterocycles. The first-order valence-corrected chi connectivity index (χ1v) is 11.0. The zero-order valence-electron chi connectivity index (χ0n) is 15.5. The number of hydrogen-bond donors (Lipinski definition) is 2. The Morgan fingerprint density at radius 2 is 2.07 bits per heavy atom. The van der Waals surface area contributed by atoms with Crippen molar-refractivity contribution >= 4 is 34.5 Å². The van der Waals surface area contributed by atoms with Crippen LogP contribution in [-0.4, -0.2) is 38.0 Å². The summed E-state index contributed by atoms with van der Waals surface area (Å²) in [6.07, 6.45) is 1.81. The molecule has 2 N–H and O–H groups in total. The van der Waals surface area contributed by atoms with Crippen molar-refractivity contribution in [1.29, 1.82) is 0 Å². The number of carbonyl (C=O) groups is 1.